The van der Waals surface area contributed by atoms with E-state index in [1.165, 1.54) is 63.1 Å². The molecule has 0 N–H and O–H groups in total. The SMILES string of the molecule is [Al][CH2]CCCCCCCCCCCC(Cl)(Cl)Cl. The molecule has 0 spiro atoms. The number of unbranched alkanes of at least 4 members (excludes halogenated alkanes) is 9. The van der Waals surface area contributed by atoms with E-state index in [2.05, 4.69) is 16.3 Å². The number of halogens is 3. The topological polar surface area (TPSA) is 0 Å². The molecule has 0 heterocycles. The molecule has 0 saturated heterocycles. The number of hydrogen-bond acceptors (Lipinski definition) is 0. The van der Waals surface area contributed by atoms with Crippen molar-refractivity contribution >= 4 is 51.1 Å². The second kappa shape index (κ2) is 12.4. The molecular weight excluding hydrogens is 289 g/mol. The van der Waals surface area contributed by atoms with Crippen LogP contribution in [0.5, 0.6) is 0 Å². The van der Waals surface area contributed by atoms with Gasteiger partial charge in [0, 0.05) is 0 Å². The molecule has 0 aliphatic rings. The van der Waals surface area contributed by atoms with Crippen LogP contribution in [-0.4, -0.2) is 20.1 Å². The summed E-state index contributed by atoms with van der Waals surface area (Å²) < 4.78 is -1.04. The van der Waals surface area contributed by atoms with Gasteiger partial charge in [-0.2, -0.15) is 0 Å². The van der Waals surface area contributed by atoms with Gasteiger partial charge in [0.1, 0.15) is 16.3 Å². The van der Waals surface area contributed by atoms with E-state index in [-0.39, 0.29) is 0 Å². The van der Waals surface area contributed by atoms with Crippen molar-refractivity contribution < 1.29 is 0 Å². The summed E-state index contributed by atoms with van der Waals surface area (Å²) >= 11 is 19.8. The Hall–Kier alpha value is 1.40. The van der Waals surface area contributed by atoms with Crippen LogP contribution in [0, 0.1) is 0 Å². The summed E-state index contributed by atoms with van der Waals surface area (Å²) in [7, 11) is 0. The highest BCUT2D eigenvalue weighted by atomic mass is 35.6. The molecule has 0 aliphatic heterocycles. The van der Waals surface area contributed by atoms with Crippen LogP contribution < -0.4 is 0 Å². The van der Waals surface area contributed by atoms with Crippen LogP contribution >= 0.6 is 34.8 Å². The summed E-state index contributed by atoms with van der Waals surface area (Å²) in [5.74, 6) is 0. The first-order valence-electron chi connectivity index (χ1n) is 6.83. The first-order valence-corrected chi connectivity index (χ1v) is 8.78. The van der Waals surface area contributed by atoms with Gasteiger partial charge < -0.3 is 0 Å². The van der Waals surface area contributed by atoms with Crippen molar-refractivity contribution in [2.75, 3.05) is 0 Å². The smallest absolute Gasteiger partial charge is 0.118 e. The lowest BCUT2D eigenvalue weighted by molar-refractivity contribution is 0.551. The van der Waals surface area contributed by atoms with Crippen molar-refractivity contribution in [3.63, 3.8) is 0 Å². The normalized spacial score (nSPS) is 11.9. The Morgan fingerprint density at radius 2 is 0.941 bits per heavy atom. The molecular formula is C13H24AlCl3. The molecule has 0 atom stereocenters. The highest BCUT2D eigenvalue weighted by Gasteiger charge is 2.17. The number of rotatable bonds is 11. The van der Waals surface area contributed by atoms with Gasteiger partial charge >= 0.3 is 0 Å². The lowest BCUT2D eigenvalue weighted by Gasteiger charge is -2.09. The van der Waals surface area contributed by atoms with Crippen molar-refractivity contribution in [3.8, 4) is 0 Å². The molecule has 0 amide bonds. The van der Waals surface area contributed by atoms with Crippen LogP contribution in [0.1, 0.15) is 70.6 Å². The van der Waals surface area contributed by atoms with Gasteiger partial charge in [-0.3, -0.25) is 0 Å². The van der Waals surface area contributed by atoms with Crippen molar-refractivity contribution in [1.29, 1.82) is 0 Å². The van der Waals surface area contributed by atoms with Crippen molar-refractivity contribution in [2.24, 2.45) is 0 Å². The van der Waals surface area contributed by atoms with E-state index in [1.807, 2.05) is 0 Å². The molecule has 0 aliphatic carbocycles. The molecule has 2 radical (unpaired) electrons. The average Bonchev–Trinajstić information content (AvgIpc) is 2.24. The fourth-order valence-electron chi connectivity index (χ4n) is 1.88. The van der Waals surface area contributed by atoms with Gasteiger partial charge in [0.25, 0.3) is 0 Å². The third kappa shape index (κ3) is 17.4. The van der Waals surface area contributed by atoms with Crippen LogP contribution in [0.3, 0.4) is 0 Å². The lowest BCUT2D eigenvalue weighted by atomic mass is 10.1. The van der Waals surface area contributed by atoms with Crippen molar-refractivity contribution in [3.05, 3.63) is 0 Å². The van der Waals surface area contributed by atoms with E-state index in [0.29, 0.717) is 6.42 Å². The van der Waals surface area contributed by atoms with E-state index in [0.717, 1.165) is 6.42 Å². The van der Waals surface area contributed by atoms with Gasteiger partial charge in [0.05, 0.1) is 0 Å². The number of alkyl halides is 3. The maximum atomic E-state index is 5.69. The average molecular weight is 314 g/mol. The third-order valence-corrected chi connectivity index (χ3v) is 3.89. The Bertz CT molecular complexity index is 157. The molecule has 0 nitrogen and oxygen atoms in total. The molecule has 0 rings (SSSR count). The Kier molecular flexibility index (Phi) is 13.5. The van der Waals surface area contributed by atoms with Gasteiger partial charge in [-0.25, -0.2) is 0 Å². The van der Waals surface area contributed by atoms with Crippen molar-refractivity contribution in [2.45, 2.75) is 79.7 Å². The minimum absolute atomic E-state index is 0.687. The predicted octanol–water partition coefficient (Wildman–Crippen LogP) is 6.23. The standard InChI is InChI=1S/C13H24Cl3.Al/c1-2-3-4-5-6-7-8-9-10-11-12-13(14,15)16;/h1-12H2;. The fourth-order valence-corrected chi connectivity index (χ4v) is 2.57. The Morgan fingerprint density at radius 3 is 1.29 bits per heavy atom. The highest BCUT2D eigenvalue weighted by molar-refractivity contribution is 6.67. The molecule has 0 saturated carbocycles. The zero-order valence-corrected chi connectivity index (χ0v) is 14.1. The van der Waals surface area contributed by atoms with Crippen LogP contribution in [0.25, 0.3) is 0 Å². The maximum Gasteiger partial charge on any atom is 0.190 e. The summed E-state index contributed by atoms with van der Waals surface area (Å²) in [5.41, 5.74) is 0. The van der Waals surface area contributed by atoms with Gasteiger partial charge in [0.2, 0.25) is 0 Å². The second-order valence-electron chi connectivity index (χ2n) is 4.69. The van der Waals surface area contributed by atoms with E-state index < -0.39 is 3.79 Å². The fraction of sp³-hybridized carbons (Fsp3) is 1.00. The molecule has 0 aromatic carbocycles. The van der Waals surface area contributed by atoms with E-state index in [4.69, 9.17) is 34.8 Å². The zero-order chi connectivity index (χ0) is 13.0. The summed E-state index contributed by atoms with van der Waals surface area (Å²) in [6.45, 7) is 0. The monoisotopic (exact) mass is 312 g/mol. The third-order valence-electron chi connectivity index (χ3n) is 2.91. The van der Waals surface area contributed by atoms with Crippen molar-refractivity contribution in [1.82, 2.24) is 0 Å². The molecule has 4 heteroatoms. The minimum Gasteiger partial charge on any atom is -0.118 e. The summed E-state index contributed by atoms with van der Waals surface area (Å²) in [6.07, 6.45) is 13.9. The maximum absolute atomic E-state index is 5.69. The van der Waals surface area contributed by atoms with Crippen LogP contribution in [0.4, 0.5) is 0 Å². The molecule has 17 heavy (non-hydrogen) atoms. The van der Waals surface area contributed by atoms with E-state index >= 15 is 0 Å². The highest BCUT2D eigenvalue weighted by Crippen LogP contribution is 2.32. The first kappa shape index (κ1) is 18.4. The number of hydrogen-bond donors (Lipinski definition) is 0. The molecule has 0 unspecified atom stereocenters. The van der Waals surface area contributed by atoms with Crippen LogP contribution in [0.2, 0.25) is 5.28 Å². The van der Waals surface area contributed by atoms with Gasteiger partial charge in [-0.15, -0.1) is 5.28 Å². The molecule has 100 valence electrons. The Morgan fingerprint density at radius 1 is 0.588 bits per heavy atom. The zero-order valence-electron chi connectivity index (χ0n) is 10.7. The minimum atomic E-state index is -1.04. The largest absolute Gasteiger partial charge is 0.190 e. The molecule has 0 aromatic rings. The second-order valence-corrected chi connectivity index (χ2v) is 7.78. The van der Waals surface area contributed by atoms with Crippen LogP contribution in [0.15, 0.2) is 0 Å². The molecule has 0 fully saturated rings. The van der Waals surface area contributed by atoms with Gasteiger partial charge in [-0.1, -0.05) is 92.6 Å². The predicted molar refractivity (Wildman–Crippen MR) is 81.6 cm³/mol. The summed E-state index contributed by atoms with van der Waals surface area (Å²) in [6, 6.07) is 0. The first-order chi connectivity index (χ1) is 8.06. The van der Waals surface area contributed by atoms with Crippen LogP contribution in [-0.2, 0) is 0 Å². The molecule has 0 bridgehead atoms. The quantitative estimate of drug-likeness (QED) is 0.241. The lowest BCUT2D eigenvalue weighted by Crippen LogP contribution is -2.00. The van der Waals surface area contributed by atoms with Gasteiger partial charge in [-0.05, 0) is 12.8 Å². The Balaban J connectivity index is 2.99. The summed E-state index contributed by atoms with van der Waals surface area (Å²) in [4.78, 5) is 0. The van der Waals surface area contributed by atoms with Gasteiger partial charge in [0.15, 0.2) is 3.79 Å². The Labute approximate surface area is 130 Å². The molecule has 0 aromatic heterocycles. The van der Waals surface area contributed by atoms with E-state index in [1.54, 1.807) is 0 Å². The summed E-state index contributed by atoms with van der Waals surface area (Å²) in [5, 5.41) is 1.25. The van der Waals surface area contributed by atoms with E-state index in [9.17, 15) is 0 Å².